The van der Waals surface area contributed by atoms with Crippen molar-refractivity contribution in [3.8, 4) is 17.3 Å². The Bertz CT molecular complexity index is 897. The molecule has 3 rings (SSSR count). The molecule has 0 unspecified atom stereocenters. The highest BCUT2D eigenvalue weighted by molar-refractivity contribution is 5.73. The standard InChI is InChI=1S/C15H10N4O/c1-2-12-13(10-6-4-3-5-7-10)18-14-11(8-16)9-17-19(14)15(12)20/h2-7,9,18H,1H2. The maximum absolute atomic E-state index is 12.4. The number of aromatic nitrogens is 3. The molecule has 3 aromatic rings. The third kappa shape index (κ3) is 1.63. The molecule has 96 valence electrons. The highest BCUT2D eigenvalue weighted by atomic mass is 16.1. The average molecular weight is 262 g/mol. The Balaban J connectivity index is 2.45. The number of H-pyrrole nitrogens is 1. The van der Waals surface area contributed by atoms with Crippen molar-refractivity contribution in [1.82, 2.24) is 14.6 Å². The summed E-state index contributed by atoms with van der Waals surface area (Å²) in [6.45, 7) is 3.69. The van der Waals surface area contributed by atoms with Gasteiger partial charge in [-0.2, -0.15) is 14.9 Å². The zero-order chi connectivity index (χ0) is 14.1. The number of hydrogen-bond donors (Lipinski definition) is 1. The average Bonchev–Trinajstić information content (AvgIpc) is 2.91. The molecule has 0 amide bonds. The number of nitriles is 1. The lowest BCUT2D eigenvalue weighted by atomic mass is 10.1. The topological polar surface area (TPSA) is 73.9 Å². The minimum Gasteiger partial charge on any atom is -0.338 e. The molecule has 20 heavy (non-hydrogen) atoms. The van der Waals surface area contributed by atoms with Crippen LogP contribution >= 0.6 is 0 Å². The third-order valence-electron chi connectivity index (χ3n) is 3.09. The Kier molecular flexibility index (Phi) is 2.70. The zero-order valence-electron chi connectivity index (χ0n) is 10.5. The van der Waals surface area contributed by atoms with Gasteiger partial charge in [-0.1, -0.05) is 43.0 Å². The van der Waals surface area contributed by atoms with Crippen LogP contribution in [-0.2, 0) is 0 Å². The summed E-state index contributed by atoms with van der Waals surface area (Å²) in [5.74, 6) is 0. The zero-order valence-corrected chi connectivity index (χ0v) is 10.5. The molecule has 2 aromatic heterocycles. The highest BCUT2D eigenvalue weighted by Gasteiger charge is 2.14. The normalized spacial score (nSPS) is 10.3. The molecule has 1 aromatic carbocycles. The van der Waals surface area contributed by atoms with E-state index in [-0.39, 0.29) is 5.56 Å². The van der Waals surface area contributed by atoms with Crippen molar-refractivity contribution in [1.29, 1.82) is 5.26 Å². The Labute approximate surface area is 114 Å². The van der Waals surface area contributed by atoms with E-state index >= 15 is 0 Å². The lowest BCUT2D eigenvalue weighted by Gasteiger charge is -2.07. The van der Waals surface area contributed by atoms with Crippen LogP contribution in [0, 0.1) is 11.3 Å². The molecule has 2 heterocycles. The smallest absolute Gasteiger partial charge is 0.282 e. The molecular formula is C15H10N4O. The van der Waals surface area contributed by atoms with E-state index in [2.05, 4.69) is 16.7 Å². The first-order valence-electron chi connectivity index (χ1n) is 5.98. The van der Waals surface area contributed by atoms with Gasteiger partial charge in [0.15, 0.2) is 5.65 Å². The van der Waals surface area contributed by atoms with Gasteiger partial charge in [-0.15, -0.1) is 0 Å². The summed E-state index contributed by atoms with van der Waals surface area (Å²) in [6.07, 6.45) is 2.86. The van der Waals surface area contributed by atoms with Crippen LogP contribution in [0.3, 0.4) is 0 Å². The molecule has 0 aliphatic heterocycles. The summed E-state index contributed by atoms with van der Waals surface area (Å²) < 4.78 is 1.18. The fourth-order valence-electron chi connectivity index (χ4n) is 2.13. The summed E-state index contributed by atoms with van der Waals surface area (Å²) in [4.78, 5) is 15.5. The van der Waals surface area contributed by atoms with Gasteiger partial charge in [0, 0.05) is 0 Å². The summed E-state index contributed by atoms with van der Waals surface area (Å²) in [5, 5.41) is 13.0. The number of fused-ring (bicyclic) bond motifs is 1. The summed E-state index contributed by atoms with van der Waals surface area (Å²) in [5.41, 5.74) is 2.34. The molecule has 0 fully saturated rings. The Morgan fingerprint density at radius 3 is 2.75 bits per heavy atom. The van der Waals surface area contributed by atoms with Crippen molar-refractivity contribution < 1.29 is 0 Å². The van der Waals surface area contributed by atoms with E-state index < -0.39 is 0 Å². The summed E-state index contributed by atoms with van der Waals surface area (Å²) >= 11 is 0. The lowest BCUT2D eigenvalue weighted by molar-refractivity contribution is 0.897. The van der Waals surface area contributed by atoms with Gasteiger partial charge < -0.3 is 4.98 Å². The fraction of sp³-hybridized carbons (Fsp3) is 0. The predicted octanol–water partition coefficient (Wildman–Crippen LogP) is 2.20. The number of rotatable bonds is 2. The molecule has 0 bridgehead atoms. The molecule has 0 spiro atoms. The Morgan fingerprint density at radius 2 is 2.10 bits per heavy atom. The van der Waals surface area contributed by atoms with Crippen LogP contribution in [0.15, 0.2) is 47.9 Å². The van der Waals surface area contributed by atoms with E-state index in [1.807, 2.05) is 36.4 Å². The largest absolute Gasteiger partial charge is 0.338 e. The Morgan fingerprint density at radius 1 is 1.35 bits per heavy atom. The van der Waals surface area contributed by atoms with Crippen molar-refractivity contribution in [2.24, 2.45) is 0 Å². The van der Waals surface area contributed by atoms with E-state index in [1.54, 1.807) is 0 Å². The first-order valence-corrected chi connectivity index (χ1v) is 5.98. The Hall–Kier alpha value is -3.13. The van der Waals surface area contributed by atoms with Crippen molar-refractivity contribution in [3.63, 3.8) is 0 Å². The SMILES string of the molecule is C=Cc1c(-c2ccccc2)[nH]c2c(C#N)cnn2c1=O. The molecule has 0 radical (unpaired) electrons. The van der Waals surface area contributed by atoms with Crippen LogP contribution in [0.5, 0.6) is 0 Å². The molecule has 0 saturated heterocycles. The molecule has 0 aliphatic rings. The van der Waals surface area contributed by atoms with Crippen molar-refractivity contribution in [2.45, 2.75) is 0 Å². The van der Waals surface area contributed by atoms with Gasteiger partial charge in [0.1, 0.15) is 11.6 Å². The van der Waals surface area contributed by atoms with Crippen LogP contribution in [0.2, 0.25) is 0 Å². The third-order valence-corrected chi connectivity index (χ3v) is 3.09. The minimum atomic E-state index is -0.297. The maximum atomic E-state index is 12.4. The maximum Gasteiger partial charge on any atom is 0.282 e. The predicted molar refractivity (Wildman–Crippen MR) is 76.1 cm³/mol. The number of hydrogen-bond acceptors (Lipinski definition) is 3. The first-order chi connectivity index (χ1) is 9.76. The summed E-state index contributed by atoms with van der Waals surface area (Å²) in [7, 11) is 0. The van der Waals surface area contributed by atoms with Crippen molar-refractivity contribution >= 4 is 11.7 Å². The molecule has 0 saturated carbocycles. The number of nitrogens with one attached hydrogen (secondary N) is 1. The second-order valence-corrected chi connectivity index (χ2v) is 4.22. The van der Waals surface area contributed by atoms with E-state index in [9.17, 15) is 4.79 Å². The van der Waals surface area contributed by atoms with Crippen LogP contribution in [-0.4, -0.2) is 14.6 Å². The molecule has 0 atom stereocenters. The molecule has 5 nitrogen and oxygen atoms in total. The molecule has 0 aliphatic carbocycles. The van der Waals surface area contributed by atoms with Crippen molar-refractivity contribution in [2.75, 3.05) is 0 Å². The lowest BCUT2D eigenvalue weighted by Crippen LogP contribution is -2.19. The van der Waals surface area contributed by atoms with Gasteiger partial charge in [-0.3, -0.25) is 4.79 Å². The van der Waals surface area contributed by atoms with E-state index in [4.69, 9.17) is 5.26 Å². The van der Waals surface area contributed by atoms with E-state index in [0.29, 0.717) is 22.5 Å². The van der Waals surface area contributed by atoms with Crippen LogP contribution in [0.25, 0.3) is 23.0 Å². The fourth-order valence-corrected chi connectivity index (χ4v) is 2.13. The number of aromatic amines is 1. The van der Waals surface area contributed by atoms with Gasteiger partial charge in [-0.05, 0) is 5.56 Å². The molecular weight excluding hydrogens is 252 g/mol. The van der Waals surface area contributed by atoms with Gasteiger partial charge in [0.2, 0.25) is 0 Å². The van der Waals surface area contributed by atoms with Gasteiger partial charge >= 0.3 is 0 Å². The number of nitrogens with zero attached hydrogens (tertiary/aromatic N) is 3. The van der Waals surface area contributed by atoms with Crippen LogP contribution < -0.4 is 5.56 Å². The molecule has 1 N–H and O–H groups in total. The molecule has 5 heteroatoms. The monoisotopic (exact) mass is 262 g/mol. The second kappa shape index (κ2) is 4.52. The van der Waals surface area contributed by atoms with Crippen LogP contribution in [0.1, 0.15) is 11.1 Å². The van der Waals surface area contributed by atoms with Gasteiger partial charge in [-0.25, -0.2) is 0 Å². The second-order valence-electron chi connectivity index (χ2n) is 4.22. The van der Waals surface area contributed by atoms with E-state index in [0.717, 1.165) is 5.56 Å². The van der Waals surface area contributed by atoms with Crippen LogP contribution in [0.4, 0.5) is 0 Å². The quantitative estimate of drug-likeness (QED) is 0.769. The first kappa shape index (κ1) is 11.9. The minimum absolute atomic E-state index is 0.297. The van der Waals surface area contributed by atoms with Gasteiger partial charge in [0.05, 0.1) is 17.5 Å². The van der Waals surface area contributed by atoms with Gasteiger partial charge in [0.25, 0.3) is 5.56 Å². The van der Waals surface area contributed by atoms with Crippen molar-refractivity contribution in [3.05, 3.63) is 64.6 Å². The number of benzene rings is 1. The highest BCUT2D eigenvalue weighted by Crippen LogP contribution is 2.21. The van der Waals surface area contributed by atoms with E-state index in [1.165, 1.54) is 16.8 Å². The summed E-state index contributed by atoms with van der Waals surface area (Å²) in [6, 6.07) is 11.4.